The molecular weight excluding hydrogens is 286 g/mol. The third-order valence-corrected chi connectivity index (χ3v) is 2.47. The van der Waals surface area contributed by atoms with E-state index in [0.717, 1.165) is 6.08 Å². The molecule has 0 heterocycles. The van der Waals surface area contributed by atoms with Crippen molar-refractivity contribution in [1.82, 2.24) is 4.90 Å². The number of rotatable bonds is 6. The lowest BCUT2D eigenvalue weighted by atomic mass is 10.2. The minimum absolute atomic E-state index is 0.493. The zero-order valence-corrected chi connectivity index (χ0v) is 11.1. The highest BCUT2D eigenvalue weighted by Crippen LogP contribution is 2.12. The molecule has 1 aromatic carbocycles. The summed E-state index contributed by atoms with van der Waals surface area (Å²) < 4.78 is 0. The van der Waals surface area contributed by atoms with Crippen molar-refractivity contribution in [2.24, 2.45) is 0 Å². The quantitative estimate of drug-likeness (QED) is 0.773. The Hall–Kier alpha value is -2.34. The lowest BCUT2D eigenvalue weighted by Gasteiger charge is -2.16. The summed E-state index contributed by atoms with van der Waals surface area (Å²) in [6.45, 7) is -1.35. The molecule has 2 N–H and O–H groups in total. The molecule has 0 aliphatic rings. The molecule has 0 saturated heterocycles. The Morgan fingerprint density at radius 1 is 1.15 bits per heavy atom. The zero-order valence-electron chi connectivity index (χ0n) is 10.3. The molecule has 0 aromatic heterocycles. The van der Waals surface area contributed by atoms with Crippen LogP contribution in [0.25, 0.3) is 6.08 Å². The fourth-order valence-corrected chi connectivity index (χ4v) is 1.62. The topological polar surface area (TPSA) is 94.9 Å². The maximum Gasteiger partial charge on any atom is 0.323 e. The molecule has 0 aliphatic carbocycles. The van der Waals surface area contributed by atoms with Crippen molar-refractivity contribution in [3.8, 4) is 0 Å². The molecule has 106 valence electrons. The molecule has 20 heavy (non-hydrogen) atoms. The second-order valence-electron chi connectivity index (χ2n) is 3.87. The van der Waals surface area contributed by atoms with Crippen LogP contribution in [-0.4, -0.2) is 46.0 Å². The van der Waals surface area contributed by atoms with Gasteiger partial charge >= 0.3 is 11.9 Å². The number of benzene rings is 1. The molecule has 0 saturated carbocycles. The number of amides is 1. The highest BCUT2D eigenvalue weighted by molar-refractivity contribution is 6.30. The van der Waals surface area contributed by atoms with Gasteiger partial charge in [0.05, 0.1) is 0 Å². The zero-order chi connectivity index (χ0) is 15.1. The number of carboxylic acid groups (broad SMARTS) is 2. The maximum absolute atomic E-state index is 11.8. The van der Waals surface area contributed by atoms with Gasteiger partial charge in [-0.2, -0.15) is 0 Å². The van der Waals surface area contributed by atoms with Gasteiger partial charge < -0.3 is 15.1 Å². The van der Waals surface area contributed by atoms with Crippen molar-refractivity contribution >= 4 is 35.5 Å². The molecule has 6 nitrogen and oxygen atoms in total. The van der Waals surface area contributed by atoms with Gasteiger partial charge in [-0.15, -0.1) is 0 Å². The maximum atomic E-state index is 11.8. The van der Waals surface area contributed by atoms with Crippen molar-refractivity contribution in [3.05, 3.63) is 40.9 Å². The number of halogens is 1. The molecule has 1 amide bonds. The summed E-state index contributed by atoms with van der Waals surface area (Å²) in [5.74, 6) is -3.26. The Labute approximate surface area is 119 Å². The average molecular weight is 298 g/mol. The largest absolute Gasteiger partial charge is 0.480 e. The second kappa shape index (κ2) is 7.30. The summed E-state index contributed by atoms with van der Waals surface area (Å²) >= 11 is 5.78. The third kappa shape index (κ3) is 5.53. The van der Waals surface area contributed by atoms with E-state index in [-0.39, 0.29) is 0 Å². The standard InChI is InChI=1S/C13H12ClNO5/c14-10-3-1-2-9(6-10)4-5-11(16)15(7-12(17)18)8-13(19)20/h1-6H,7-8H2,(H,17,18)(H,19,20). The van der Waals surface area contributed by atoms with E-state index in [1.54, 1.807) is 24.3 Å². The van der Waals surface area contributed by atoms with E-state index in [2.05, 4.69) is 0 Å². The van der Waals surface area contributed by atoms with Crippen LogP contribution in [-0.2, 0) is 14.4 Å². The number of nitrogens with zero attached hydrogens (tertiary/aromatic N) is 1. The third-order valence-electron chi connectivity index (χ3n) is 2.23. The SMILES string of the molecule is O=C(O)CN(CC(=O)O)C(=O)C=Cc1cccc(Cl)c1. The lowest BCUT2D eigenvalue weighted by molar-refractivity contribution is -0.147. The molecule has 0 aliphatic heterocycles. The Bertz CT molecular complexity index is 539. The Balaban J connectivity index is 2.79. The average Bonchev–Trinajstić information content (AvgIpc) is 2.34. The summed E-state index contributed by atoms with van der Waals surface area (Å²) in [5.41, 5.74) is 0.649. The van der Waals surface area contributed by atoms with E-state index in [4.69, 9.17) is 21.8 Å². The fraction of sp³-hybridized carbons (Fsp3) is 0.154. The van der Waals surface area contributed by atoms with Crippen LogP contribution in [0.15, 0.2) is 30.3 Å². The van der Waals surface area contributed by atoms with Crippen LogP contribution in [0.4, 0.5) is 0 Å². The molecule has 0 fully saturated rings. The first kappa shape index (κ1) is 15.7. The van der Waals surface area contributed by atoms with Gasteiger partial charge in [-0.3, -0.25) is 14.4 Å². The predicted molar refractivity (Wildman–Crippen MR) is 72.3 cm³/mol. The van der Waals surface area contributed by atoms with E-state index in [0.29, 0.717) is 15.5 Å². The molecule has 1 rings (SSSR count). The summed E-state index contributed by atoms with van der Waals surface area (Å²) in [6, 6.07) is 6.68. The van der Waals surface area contributed by atoms with E-state index < -0.39 is 30.9 Å². The van der Waals surface area contributed by atoms with Gasteiger partial charge in [0, 0.05) is 11.1 Å². The van der Waals surface area contributed by atoms with Gasteiger partial charge in [-0.05, 0) is 23.8 Å². The van der Waals surface area contributed by atoms with E-state index in [1.807, 2.05) is 0 Å². The van der Waals surface area contributed by atoms with Crippen molar-refractivity contribution in [1.29, 1.82) is 0 Å². The van der Waals surface area contributed by atoms with Crippen molar-refractivity contribution in [2.75, 3.05) is 13.1 Å². The number of carbonyl (C=O) groups excluding carboxylic acids is 1. The van der Waals surface area contributed by atoms with Crippen LogP contribution in [0.5, 0.6) is 0 Å². The normalized spacial score (nSPS) is 10.4. The van der Waals surface area contributed by atoms with Crippen LogP contribution >= 0.6 is 11.6 Å². The number of carbonyl (C=O) groups is 3. The molecule has 1 aromatic rings. The smallest absolute Gasteiger partial charge is 0.323 e. The van der Waals surface area contributed by atoms with Crippen molar-refractivity contribution in [3.63, 3.8) is 0 Å². The summed E-state index contributed by atoms with van der Waals surface area (Å²) in [4.78, 5) is 33.6. The van der Waals surface area contributed by atoms with E-state index in [1.165, 1.54) is 6.08 Å². The van der Waals surface area contributed by atoms with Crippen molar-refractivity contribution in [2.45, 2.75) is 0 Å². The first-order valence-electron chi connectivity index (χ1n) is 5.54. The van der Waals surface area contributed by atoms with Crippen LogP contribution in [0.2, 0.25) is 5.02 Å². The molecule has 0 spiro atoms. The molecule has 7 heteroatoms. The molecule has 0 radical (unpaired) electrons. The van der Waals surface area contributed by atoms with Crippen LogP contribution in [0, 0.1) is 0 Å². The predicted octanol–water partition coefficient (Wildman–Crippen LogP) is 1.35. The number of hydrogen-bond donors (Lipinski definition) is 2. The first-order valence-corrected chi connectivity index (χ1v) is 5.92. The van der Waals surface area contributed by atoms with Gasteiger partial charge in [0.15, 0.2) is 0 Å². The number of carboxylic acids is 2. The van der Waals surface area contributed by atoms with Crippen molar-refractivity contribution < 1.29 is 24.6 Å². The Morgan fingerprint density at radius 3 is 2.25 bits per heavy atom. The Morgan fingerprint density at radius 2 is 1.75 bits per heavy atom. The Kier molecular flexibility index (Phi) is 5.74. The number of aliphatic carboxylic acids is 2. The van der Waals surface area contributed by atoms with Gasteiger partial charge in [0.1, 0.15) is 13.1 Å². The van der Waals surface area contributed by atoms with Crippen LogP contribution in [0.3, 0.4) is 0 Å². The highest BCUT2D eigenvalue weighted by Gasteiger charge is 2.17. The van der Waals surface area contributed by atoms with Crippen LogP contribution in [0.1, 0.15) is 5.56 Å². The summed E-state index contributed by atoms with van der Waals surface area (Å²) in [6.07, 6.45) is 2.54. The monoisotopic (exact) mass is 297 g/mol. The summed E-state index contributed by atoms with van der Waals surface area (Å²) in [7, 11) is 0. The van der Waals surface area contributed by atoms with Gasteiger partial charge in [0.25, 0.3) is 0 Å². The molecule has 0 bridgehead atoms. The molecular formula is C13H12ClNO5. The minimum Gasteiger partial charge on any atom is -0.480 e. The lowest BCUT2D eigenvalue weighted by Crippen LogP contribution is -2.38. The van der Waals surface area contributed by atoms with E-state index in [9.17, 15) is 14.4 Å². The number of hydrogen-bond acceptors (Lipinski definition) is 3. The molecule has 0 unspecified atom stereocenters. The first-order chi connectivity index (χ1) is 9.38. The van der Waals surface area contributed by atoms with Crippen LogP contribution < -0.4 is 0 Å². The van der Waals surface area contributed by atoms with E-state index >= 15 is 0 Å². The van der Waals surface area contributed by atoms with Gasteiger partial charge in [0.2, 0.25) is 5.91 Å². The minimum atomic E-state index is -1.28. The summed E-state index contributed by atoms with van der Waals surface area (Å²) in [5, 5.41) is 17.8. The second-order valence-corrected chi connectivity index (χ2v) is 4.31. The highest BCUT2D eigenvalue weighted by atomic mass is 35.5. The van der Waals surface area contributed by atoms with Gasteiger partial charge in [-0.1, -0.05) is 23.7 Å². The molecule has 0 atom stereocenters. The van der Waals surface area contributed by atoms with Gasteiger partial charge in [-0.25, -0.2) is 0 Å². The fourth-order valence-electron chi connectivity index (χ4n) is 1.42.